The van der Waals surface area contributed by atoms with Gasteiger partial charge in [-0.25, -0.2) is 4.98 Å². The van der Waals surface area contributed by atoms with E-state index in [1.165, 1.54) is 11.1 Å². The predicted octanol–water partition coefficient (Wildman–Crippen LogP) is 4.41. The summed E-state index contributed by atoms with van der Waals surface area (Å²) in [5.41, 5.74) is 5.42. The van der Waals surface area contributed by atoms with Crippen molar-refractivity contribution in [2.24, 2.45) is 0 Å². The summed E-state index contributed by atoms with van der Waals surface area (Å²) >= 11 is 0. The third-order valence-corrected chi connectivity index (χ3v) is 4.01. The molecule has 5 heteroatoms. The predicted molar refractivity (Wildman–Crippen MR) is 102 cm³/mol. The number of aromatic nitrogens is 3. The van der Waals surface area contributed by atoms with Crippen molar-refractivity contribution in [2.45, 2.75) is 33.7 Å². The molecule has 2 heterocycles. The first kappa shape index (κ1) is 16.9. The highest BCUT2D eigenvalue weighted by Crippen LogP contribution is 2.24. The van der Waals surface area contributed by atoms with E-state index in [1.807, 2.05) is 31.2 Å². The third kappa shape index (κ3) is 4.32. The minimum Gasteiger partial charge on any atom is -0.364 e. The molecule has 0 saturated heterocycles. The van der Waals surface area contributed by atoms with Gasteiger partial charge in [-0.3, -0.25) is 4.98 Å². The van der Waals surface area contributed by atoms with E-state index in [0.29, 0.717) is 12.5 Å². The van der Waals surface area contributed by atoms with Crippen LogP contribution in [0.1, 0.15) is 29.4 Å². The number of rotatable bonds is 6. The molecule has 0 aliphatic heterocycles. The van der Waals surface area contributed by atoms with Crippen LogP contribution in [0.4, 0.5) is 17.5 Å². The van der Waals surface area contributed by atoms with Gasteiger partial charge in [-0.2, -0.15) is 4.98 Å². The Labute approximate surface area is 148 Å². The molecule has 0 amide bonds. The maximum Gasteiger partial charge on any atom is 0.229 e. The Morgan fingerprint density at radius 1 is 1.00 bits per heavy atom. The van der Waals surface area contributed by atoms with Crippen molar-refractivity contribution in [3.05, 3.63) is 71.2 Å². The second kappa shape index (κ2) is 7.75. The maximum absolute atomic E-state index is 4.60. The fraction of sp³-hybridized carbons (Fsp3) is 0.250. The van der Waals surface area contributed by atoms with Crippen molar-refractivity contribution in [3.8, 4) is 0 Å². The van der Waals surface area contributed by atoms with Crippen LogP contribution in [0.5, 0.6) is 0 Å². The lowest BCUT2D eigenvalue weighted by atomic mass is 10.1. The first-order chi connectivity index (χ1) is 12.2. The Morgan fingerprint density at radius 2 is 1.88 bits per heavy atom. The largest absolute Gasteiger partial charge is 0.364 e. The molecule has 2 N–H and O–H groups in total. The summed E-state index contributed by atoms with van der Waals surface area (Å²) in [7, 11) is 0. The van der Waals surface area contributed by atoms with Crippen molar-refractivity contribution >= 4 is 17.5 Å². The van der Waals surface area contributed by atoms with Crippen LogP contribution in [0.15, 0.2) is 48.7 Å². The molecule has 0 aliphatic carbocycles. The molecule has 1 aromatic carbocycles. The molecule has 3 aromatic rings. The molecular weight excluding hydrogens is 310 g/mol. The summed E-state index contributed by atoms with van der Waals surface area (Å²) in [6.07, 6.45) is 2.75. The van der Waals surface area contributed by atoms with E-state index in [-0.39, 0.29) is 0 Å². The average molecular weight is 333 g/mol. The van der Waals surface area contributed by atoms with Crippen molar-refractivity contribution in [1.82, 2.24) is 15.0 Å². The van der Waals surface area contributed by atoms with Gasteiger partial charge in [-0.1, -0.05) is 31.2 Å². The van der Waals surface area contributed by atoms with Crippen LogP contribution in [0.3, 0.4) is 0 Å². The van der Waals surface area contributed by atoms with Gasteiger partial charge in [0.05, 0.1) is 12.2 Å². The summed E-state index contributed by atoms with van der Waals surface area (Å²) in [4.78, 5) is 13.4. The molecule has 25 heavy (non-hydrogen) atoms. The number of nitrogens with one attached hydrogen (secondary N) is 2. The van der Waals surface area contributed by atoms with Crippen molar-refractivity contribution in [3.63, 3.8) is 0 Å². The van der Waals surface area contributed by atoms with Crippen LogP contribution in [0, 0.1) is 13.8 Å². The van der Waals surface area contributed by atoms with Gasteiger partial charge < -0.3 is 10.6 Å². The Kier molecular flexibility index (Phi) is 5.23. The van der Waals surface area contributed by atoms with Crippen LogP contribution in [-0.4, -0.2) is 15.0 Å². The number of pyridine rings is 1. The Morgan fingerprint density at radius 3 is 2.64 bits per heavy atom. The van der Waals surface area contributed by atoms with Crippen molar-refractivity contribution < 1.29 is 0 Å². The zero-order valence-electron chi connectivity index (χ0n) is 14.9. The number of nitrogens with zero attached hydrogens (tertiary/aromatic N) is 3. The molecule has 0 fully saturated rings. The summed E-state index contributed by atoms with van der Waals surface area (Å²) < 4.78 is 0. The van der Waals surface area contributed by atoms with Gasteiger partial charge in [0.2, 0.25) is 5.95 Å². The van der Waals surface area contributed by atoms with Gasteiger partial charge in [0, 0.05) is 23.6 Å². The molecule has 3 rings (SSSR count). The third-order valence-electron chi connectivity index (χ3n) is 4.01. The zero-order valence-corrected chi connectivity index (χ0v) is 14.9. The smallest absolute Gasteiger partial charge is 0.229 e. The molecule has 0 saturated carbocycles. The molecule has 0 spiro atoms. The van der Waals surface area contributed by atoms with Crippen molar-refractivity contribution in [2.75, 3.05) is 10.6 Å². The first-order valence-electron chi connectivity index (χ1n) is 8.50. The van der Waals surface area contributed by atoms with Crippen LogP contribution in [-0.2, 0) is 13.0 Å². The van der Waals surface area contributed by atoms with Gasteiger partial charge in [0.1, 0.15) is 5.82 Å². The summed E-state index contributed by atoms with van der Waals surface area (Å²) in [5.74, 6) is 1.39. The number of benzene rings is 1. The van der Waals surface area contributed by atoms with Crippen molar-refractivity contribution in [1.29, 1.82) is 0 Å². The van der Waals surface area contributed by atoms with Gasteiger partial charge >= 0.3 is 0 Å². The molecule has 128 valence electrons. The minimum absolute atomic E-state index is 0.604. The molecule has 2 aromatic heterocycles. The standard InChI is InChI=1S/C20H23N5/c1-4-16-9-7-8-14(2)19(16)25-20-23-15(3)12-18(24-20)22-13-17-10-5-6-11-21-17/h5-12H,4,13H2,1-3H3,(H2,22,23,24,25). The summed E-state index contributed by atoms with van der Waals surface area (Å²) in [5, 5.41) is 6.71. The maximum atomic E-state index is 4.60. The monoisotopic (exact) mass is 333 g/mol. The first-order valence-corrected chi connectivity index (χ1v) is 8.50. The second-order valence-corrected chi connectivity index (χ2v) is 5.98. The van der Waals surface area contributed by atoms with E-state index in [4.69, 9.17) is 0 Å². The number of hydrogen-bond donors (Lipinski definition) is 2. The number of hydrogen-bond acceptors (Lipinski definition) is 5. The van der Waals surface area contributed by atoms with E-state index in [2.05, 4.69) is 57.6 Å². The Hall–Kier alpha value is -2.95. The fourth-order valence-corrected chi connectivity index (χ4v) is 2.71. The van der Waals surface area contributed by atoms with Gasteiger partial charge in [0.25, 0.3) is 0 Å². The highest BCUT2D eigenvalue weighted by Gasteiger charge is 2.08. The van der Waals surface area contributed by atoms with E-state index >= 15 is 0 Å². The number of para-hydroxylation sites is 1. The normalized spacial score (nSPS) is 10.5. The lowest BCUT2D eigenvalue weighted by Crippen LogP contribution is -2.07. The van der Waals surface area contributed by atoms with E-state index in [1.54, 1.807) is 6.20 Å². The molecule has 0 radical (unpaired) electrons. The van der Waals surface area contributed by atoms with Gasteiger partial charge in [-0.15, -0.1) is 0 Å². The molecule has 0 aliphatic rings. The van der Waals surface area contributed by atoms with Crippen LogP contribution >= 0.6 is 0 Å². The SMILES string of the molecule is CCc1cccc(C)c1Nc1nc(C)cc(NCc2ccccn2)n1. The van der Waals surface area contributed by atoms with Gasteiger partial charge in [-0.05, 0) is 43.5 Å². The lowest BCUT2D eigenvalue weighted by Gasteiger charge is -2.14. The average Bonchev–Trinajstić information content (AvgIpc) is 2.62. The highest BCUT2D eigenvalue weighted by atomic mass is 15.1. The van der Waals surface area contributed by atoms with Crippen LogP contribution in [0.2, 0.25) is 0 Å². The van der Waals surface area contributed by atoms with Crippen LogP contribution in [0.25, 0.3) is 0 Å². The van der Waals surface area contributed by atoms with Crippen LogP contribution < -0.4 is 10.6 Å². The summed E-state index contributed by atoms with van der Waals surface area (Å²) in [6, 6.07) is 14.1. The Bertz CT molecular complexity index is 846. The lowest BCUT2D eigenvalue weighted by molar-refractivity contribution is 1.01. The zero-order chi connectivity index (χ0) is 17.6. The summed E-state index contributed by atoms with van der Waals surface area (Å²) in [6.45, 7) is 6.84. The molecule has 0 unspecified atom stereocenters. The minimum atomic E-state index is 0.604. The highest BCUT2D eigenvalue weighted by molar-refractivity contribution is 5.64. The van der Waals surface area contributed by atoms with E-state index in [0.717, 1.165) is 29.3 Å². The fourth-order valence-electron chi connectivity index (χ4n) is 2.71. The van der Waals surface area contributed by atoms with E-state index in [9.17, 15) is 0 Å². The topological polar surface area (TPSA) is 62.7 Å². The molecular formula is C20H23N5. The molecule has 0 atom stereocenters. The molecule has 0 bridgehead atoms. The quantitative estimate of drug-likeness (QED) is 0.700. The Balaban J connectivity index is 1.80. The molecule has 5 nitrogen and oxygen atoms in total. The van der Waals surface area contributed by atoms with E-state index < -0.39 is 0 Å². The second-order valence-electron chi connectivity index (χ2n) is 5.98. The number of aryl methyl sites for hydroxylation is 3. The number of anilines is 3. The van der Waals surface area contributed by atoms with Gasteiger partial charge in [0.15, 0.2) is 0 Å².